The fraction of sp³-hybridized carbons (Fsp3) is 0.0769. The minimum Gasteiger partial charge on any atom is -0.465 e. The average molecular weight is 392 g/mol. The number of carbonyl (C=O) groups excluding carboxylic acids is 1. The lowest BCUT2D eigenvalue weighted by molar-refractivity contribution is 0.0601. The number of benzene rings is 1. The van der Waals surface area contributed by atoms with E-state index >= 15 is 0 Å². The van der Waals surface area contributed by atoms with Gasteiger partial charge in [-0.2, -0.15) is 0 Å². The Kier molecular flexibility index (Phi) is 4.92. The summed E-state index contributed by atoms with van der Waals surface area (Å²) < 4.78 is 10.8. The molecule has 0 amide bonds. The van der Waals surface area contributed by atoms with Crippen LogP contribution >= 0.6 is 39.1 Å². The van der Waals surface area contributed by atoms with Crippen molar-refractivity contribution < 1.29 is 14.3 Å². The van der Waals surface area contributed by atoms with Crippen LogP contribution in [-0.2, 0) is 4.74 Å². The highest BCUT2D eigenvalue weighted by molar-refractivity contribution is 9.10. The van der Waals surface area contributed by atoms with E-state index in [2.05, 4.69) is 25.7 Å². The quantitative estimate of drug-likeness (QED) is 0.623. The van der Waals surface area contributed by atoms with Gasteiger partial charge in [-0.15, -0.1) is 0 Å². The smallest absolute Gasteiger partial charge is 0.340 e. The van der Waals surface area contributed by atoms with Crippen molar-refractivity contribution in [1.29, 1.82) is 0 Å². The topological polar surface area (TPSA) is 74.4 Å². The number of halogens is 3. The van der Waals surface area contributed by atoms with E-state index in [-0.39, 0.29) is 17.1 Å². The van der Waals surface area contributed by atoms with Crippen LogP contribution in [0.3, 0.4) is 0 Å². The van der Waals surface area contributed by atoms with E-state index in [4.69, 9.17) is 33.7 Å². The number of nitrogen functional groups attached to an aromatic ring is 1. The first-order valence-corrected chi connectivity index (χ1v) is 7.13. The number of pyridine rings is 1. The molecule has 0 radical (unpaired) electrons. The first kappa shape index (κ1) is 15.9. The molecule has 1 heterocycles. The molecule has 8 heteroatoms. The largest absolute Gasteiger partial charge is 0.465 e. The Labute approximate surface area is 139 Å². The lowest BCUT2D eigenvalue weighted by atomic mass is 10.2. The van der Waals surface area contributed by atoms with Gasteiger partial charge in [-0.3, -0.25) is 0 Å². The standard InChI is InChI=1S/C13H9BrCl2N2O3/c1-20-13(19)6-2-12(18-5-10(6)17)21-11-4-8(15)7(14)3-9(11)16/h2-5H,17H2,1H3. The Morgan fingerprint density at radius 1 is 1.29 bits per heavy atom. The molecule has 0 bridgehead atoms. The van der Waals surface area contributed by atoms with E-state index in [1.54, 1.807) is 6.07 Å². The van der Waals surface area contributed by atoms with Crippen molar-refractivity contribution in [3.8, 4) is 11.6 Å². The van der Waals surface area contributed by atoms with E-state index < -0.39 is 5.97 Å². The van der Waals surface area contributed by atoms with Crippen LogP contribution in [0.2, 0.25) is 10.0 Å². The van der Waals surface area contributed by atoms with Crippen LogP contribution < -0.4 is 10.5 Å². The molecule has 1 aromatic carbocycles. The number of nitrogens with two attached hydrogens (primary N) is 1. The molecule has 0 saturated heterocycles. The third kappa shape index (κ3) is 3.58. The maximum Gasteiger partial charge on any atom is 0.340 e. The third-order valence-corrected chi connectivity index (χ3v) is 4.00. The van der Waals surface area contributed by atoms with E-state index in [0.29, 0.717) is 20.3 Å². The normalized spacial score (nSPS) is 10.3. The number of aromatic nitrogens is 1. The molecule has 0 aliphatic rings. The van der Waals surface area contributed by atoms with Gasteiger partial charge in [-0.05, 0) is 22.0 Å². The van der Waals surface area contributed by atoms with Crippen molar-refractivity contribution in [3.63, 3.8) is 0 Å². The van der Waals surface area contributed by atoms with Gasteiger partial charge in [0.25, 0.3) is 0 Å². The molecule has 0 aliphatic heterocycles. The fourth-order valence-corrected chi connectivity index (χ4v) is 2.32. The van der Waals surface area contributed by atoms with Crippen LogP contribution in [0.1, 0.15) is 10.4 Å². The van der Waals surface area contributed by atoms with E-state index in [1.165, 1.54) is 25.4 Å². The van der Waals surface area contributed by atoms with Crippen LogP contribution in [0.4, 0.5) is 5.69 Å². The Morgan fingerprint density at radius 3 is 2.67 bits per heavy atom. The molecule has 2 rings (SSSR count). The maximum absolute atomic E-state index is 11.6. The second-order valence-electron chi connectivity index (χ2n) is 3.90. The van der Waals surface area contributed by atoms with E-state index in [1.807, 2.05) is 0 Å². The molecule has 5 nitrogen and oxygen atoms in total. The molecule has 110 valence electrons. The second kappa shape index (κ2) is 6.51. The van der Waals surface area contributed by atoms with Gasteiger partial charge in [0.15, 0.2) is 0 Å². The SMILES string of the molecule is COC(=O)c1cc(Oc2cc(Cl)c(Br)cc2Cl)ncc1N. The molecule has 0 saturated carbocycles. The summed E-state index contributed by atoms with van der Waals surface area (Å²) in [5.41, 5.74) is 6.00. The average Bonchev–Trinajstić information content (AvgIpc) is 2.45. The van der Waals surface area contributed by atoms with Gasteiger partial charge in [0.2, 0.25) is 5.88 Å². The highest BCUT2D eigenvalue weighted by Gasteiger charge is 2.14. The third-order valence-electron chi connectivity index (χ3n) is 2.50. The Hall–Kier alpha value is -1.50. The molecule has 0 unspecified atom stereocenters. The van der Waals surface area contributed by atoms with Crippen LogP contribution in [0.25, 0.3) is 0 Å². The summed E-state index contributed by atoms with van der Waals surface area (Å²) in [5, 5.41) is 0.766. The molecule has 2 aromatic rings. The van der Waals surface area contributed by atoms with Crippen LogP contribution in [0.15, 0.2) is 28.9 Å². The van der Waals surface area contributed by atoms with Gasteiger partial charge >= 0.3 is 5.97 Å². The summed E-state index contributed by atoms with van der Waals surface area (Å²) >= 11 is 15.3. The fourth-order valence-electron chi connectivity index (χ4n) is 1.48. The molecular formula is C13H9BrCl2N2O3. The maximum atomic E-state index is 11.6. The molecule has 21 heavy (non-hydrogen) atoms. The Bertz CT molecular complexity index is 710. The number of methoxy groups -OCH3 is 1. The summed E-state index contributed by atoms with van der Waals surface area (Å²) in [6.07, 6.45) is 1.30. The number of esters is 1. The highest BCUT2D eigenvalue weighted by atomic mass is 79.9. The first-order valence-electron chi connectivity index (χ1n) is 5.58. The van der Waals surface area contributed by atoms with Crippen LogP contribution in [-0.4, -0.2) is 18.1 Å². The molecule has 0 atom stereocenters. The van der Waals surface area contributed by atoms with Gasteiger partial charge < -0.3 is 15.2 Å². The van der Waals surface area contributed by atoms with Gasteiger partial charge in [-0.25, -0.2) is 9.78 Å². The minimum atomic E-state index is -0.584. The summed E-state index contributed by atoms with van der Waals surface area (Å²) in [6.45, 7) is 0. The predicted molar refractivity (Wildman–Crippen MR) is 84.2 cm³/mol. The first-order chi connectivity index (χ1) is 9.92. The summed E-state index contributed by atoms with van der Waals surface area (Å²) in [4.78, 5) is 15.5. The monoisotopic (exact) mass is 390 g/mol. The number of nitrogens with zero attached hydrogens (tertiary/aromatic N) is 1. The Balaban J connectivity index is 2.36. The molecule has 0 fully saturated rings. The predicted octanol–water partition coefficient (Wildman–Crippen LogP) is 4.31. The second-order valence-corrected chi connectivity index (χ2v) is 5.57. The summed E-state index contributed by atoms with van der Waals surface area (Å²) in [6, 6.07) is 4.50. The van der Waals surface area contributed by atoms with Crippen LogP contribution in [0, 0.1) is 0 Å². The summed E-state index contributed by atoms with van der Waals surface area (Å²) in [5.74, 6) is -0.137. The number of hydrogen-bond acceptors (Lipinski definition) is 5. The molecule has 0 aliphatic carbocycles. The highest BCUT2D eigenvalue weighted by Crippen LogP contribution is 2.36. The van der Waals surface area contributed by atoms with E-state index in [0.717, 1.165) is 0 Å². The van der Waals surface area contributed by atoms with Crippen LogP contribution in [0.5, 0.6) is 11.6 Å². The zero-order valence-electron chi connectivity index (χ0n) is 10.7. The minimum absolute atomic E-state index is 0.143. The molecule has 1 aromatic heterocycles. The lowest BCUT2D eigenvalue weighted by Crippen LogP contribution is -2.06. The molecule has 0 spiro atoms. The van der Waals surface area contributed by atoms with Crippen molar-refractivity contribution in [2.24, 2.45) is 0 Å². The number of carbonyl (C=O) groups is 1. The summed E-state index contributed by atoms with van der Waals surface area (Å²) in [7, 11) is 1.26. The molecule has 2 N–H and O–H groups in total. The number of hydrogen-bond donors (Lipinski definition) is 1. The zero-order chi connectivity index (χ0) is 15.6. The van der Waals surface area contributed by atoms with Gasteiger partial charge in [0, 0.05) is 16.6 Å². The lowest BCUT2D eigenvalue weighted by Gasteiger charge is -2.10. The van der Waals surface area contributed by atoms with Gasteiger partial charge in [0.05, 0.1) is 34.6 Å². The number of rotatable bonds is 3. The van der Waals surface area contributed by atoms with E-state index in [9.17, 15) is 4.79 Å². The number of anilines is 1. The van der Waals surface area contributed by atoms with Crippen molar-refractivity contribution in [2.75, 3.05) is 12.8 Å². The van der Waals surface area contributed by atoms with Gasteiger partial charge in [-0.1, -0.05) is 23.2 Å². The van der Waals surface area contributed by atoms with Crippen molar-refractivity contribution in [3.05, 3.63) is 44.5 Å². The van der Waals surface area contributed by atoms with Crippen molar-refractivity contribution in [2.45, 2.75) is 0 Å². The number of ether oxygens (including phenoxy) is 2. The zero-order valence-corrected chi connectivity index (χ0v) is 13.8. The Morgan fingerprint density at radius 2 is 2.00 bits per heavy atom. The van der Waals surface area contributed by atoms with Crippen molar-refractivity contribution >= 4 is 50.8 Å². The van der Waals surface area contributed by atoms with Crippen molar-refractivity contribution in [1.82, 2.24) is 4.98 Å². The van der Waals surface area contributed by atoms with Gasteiger partial charge in [0.1, 0.15) is 5.75 Å². The molecular weight excluding hydrogens is 383 g/mol.